The number of carbonyl (C=O) groups is 1. The smallest absolute Gasteiger partial charge is 0.189 e. The fourth-order valence-electron chi connectivity index (χ4n) is 2.05. The number of aliphatic imine (C=N–C) groups is 1. The highest BCUT2D eigenvalue weighted by Crippen LogP contribution is 2.31. The molecule has 0 radical (unpaired) electrons. The molecular formula is C15H9Cl2NO. The lowest BCUT2D eigenvalue weighted by Gasteiger charge is -2.21. The molecule has 19 heavy (non-hydrogen) atoms. The summed E-state index contributed by atoms with van der Waals surface area (Å²) in [6, 6.07) is 9.52. The number of carbonyl (C=O) groups excluding carboxylic acids is 1. The minimum absolute atomic E-state index is 0.0880. The monoisotopic (exact) mass is 289 g/mol. The summed E-state index contributed by atoms with van der Waals surface area (Å²) >= 11 is 12.2. The standard InChI is InChI=1S/C15H9Cl2NO/c16-11-7-6-10-13(19)8-12(18-15(10)14(11)17)9-4-2-1-3-5-9/h1-8,14H. The quantitative estimate of drug-likeness (QED) is 0.725. The summed E-state index contributed by atoms with van der Waals surface area (Å²) in [4.78, 5) is 16.6. The molecule has 0 spiro atoms. The van der Waals surface area contributed by atoms with Crippen molar-refractivity contribution in [1.82, 2.24) is 0 Å². The van der Waals surface area contributed by atoms with Crippen LogP contribution < -0.4 is 0 Å². The van der Waals surface area contributed by atoms with Crippen LogP contribution in [0.1, 0.15) is 5.56 Å². The van der Waals surface area contributed by atoms with Crippen LogP contribution in [0.5, 0.6) is 0 Å². The van der Waals surface area contributed by atoms with Gasteiger partial charge in [-0.15, -0.1) is 11.6 Å². The number of rotatable bonds is 1. The van der Waals surface area contributed by atoms with E-state index in [4.69, 9.17) is 23.2 Å². The van der Waals surface area contributed by atoms with Crippen molar-refractivity contribution in [2.75, 3.05) is 0 Å². The third-order valence-corrected chi connectivity index (χ3v) is 3.91. The Bertz CT molecular complexity index is 669. The summed E-state index contributed by atoms with van der Waals surface area (Å²) in [5.41, 5.74) is 2.55. The molecular weight excluding hydrogens is 281 g/mol. The van der Waals surface area contributed by atoms with Gasteiger partial charge in [0.1, 0.15) is 5.38 Å². The fourth-order valence-corrected chi connectivity index (χ4v) is 2.45. The predicted octanol–water partition coefficient (Wildman–Crippen LogP) is 3.72. The van der Waals surface area contributed by atoms with Crippen molar-refractivity contribution in [2.24, 2.45) is 4.99 Å². The van der Waals surface area contributed by atoms with Crippen LogP contribution in [0.3, 0.4) is 0 Å². The van der Waals surface area contributed by atoms with Crippen LogP contribution >= 0.6 is 23.2 Å². The summed E-state index contributed by atoms with van der Waals surface area (Å²) in [5, 5.41) is -0.0793. The van der Waals surface area contributed by atoms with Gasteiger partial charge in [0, 0.05) is 22.2 Å². The molecule has 0 N–H and O–H groups in total. The van der Waals surface area contributed by atoms with Crippen LogP contribution in [0, 0.1) is 0 Å². The van der Waals surface area contributed by atoms with Gasteiger partial charge in [-0.1, -0.05) is 41.9 Å². The van der Waals surface area contributed by atoms with Crippen molar-refractivity contribution in [1.29, 1.82) is 0 Å². The lowest BCUT2D eigenvalue weighted by molar-refractivity contribution is -0.110. The van der Waals surface area contributed by atoms with Crippen LogP contribution in [0.4, 0.5) is 0 Å². The molecule has 0 saturated heterocycles. The lowest BCUT2D eigenvalue weighted by atomic mass is 9.94. The van der Waals surface area contributed by atoms with Gasteiger partial charge >= 0.3 is 0 Å². The zero-order chi connectivity index (χ0) is 13.4. The Morgan fingerprint density at radius 3 is 2.58 bits per heavy atom. The average molecular weight is 290 g/mol. The SMILES string of the molecule is O=C1C=C(c2ccccc2)N=C2C1=CC=C(Cl)C2Cl. The minimum atomic E-state index is -0.557. The van der Waals surface area contributed by atoms with Crippen molar-refractivity contribution < 1.29 is 4.79 Å². The molecule has 2 nitrogen and oxygen atoms in total. The van der Waals surface area contributed by atoms with Crippen molar-refractivity contribution in [3.63, 3.8) is 0 Å². The Kier molecular flexibility index (Phi) is 3.13. The molecule has 3 rings (SSSR count). The number of ketones is 1. The first kappa shape index (κ1) is 12.4. The van der Waals surface area contributed by atoms with E-state index in [0.717, 1.165) is 5.56 Å². The molecule has 0 amide bonds. The highest BCUT2D eigenvalue weighted by Gasteiger charge is 2.30. The van der Waals surface area contributed by atoms with E-state index in [-0.39, 0.29) is 5.78 Å². The highest BCUT2D eigenvalue weighted by molar-refractivity contribution is 6.50. The molecule has 1 heterocycles. The maximum Gasteiger partial charge on any atom is 0.189 e. The first-order valence-electron chi connectivity index (χ1n) is 5.78. The van der Waals surface area contributed by atoms with E-state index in [1.54, 1.807) is 12.2 Å². The molecule has 0 saturated carbocycles. The number of benzene rings is 1. The molecule has 1 aromatic carbocycles. The van der Waals surface area contributed by atoms with Crippen LogP contribution in [0.15, 0.2) is 64.2 Å². The zero-order valence-electron chi connectivity index (χ0n) is 9.81. The van der Waals surface area contributed by atoms with Crippen molar-refractivity contribution >= 4 is 40.4 Å². The van der Waals surface area contributed by atoms with E-state index in [2.05, 4.69) is 4.99 Å². The number of hydrogen-bond donors (Lipinski definition) is 0. The second-order valence-electron chi connectivity index (χ2n) is 4.25. The van der Waals surface area contributed by atoms with E-state index < -0.39 is 5.38 Å². The summed E-state index contributed by atoms with van der Waals surface area (Å²) in [6.45, 7) is 0. The summed E-state index contributed by atoms with van der Waals surface area (Å²) in [7, 11) is 0. The normalized spacial score (nSPS) is 22.0. The zero-order valence-corrected chi connectivity index (χ0v) is 11.3. The van der Waals surface area contributed by atoms with Gasteiger partial charge in [-0.05, 0) is 12.2 Å². The Morgan fingerprint density at radius 2 is 1.84 bits per heavy atom. The van der Waals surface area contributed by atoms with Gasteiger partial charge in [0.15, 0.2) is 5.78 Å². The molecule has 2 aliphatic rings. The molecule has 4 heteroatoms. The molecule has 0 aromatic heterocycles. The van der Waals surface area contributed by atoms with E-state index in [0.29, 0.717) is 22.0 Å². The van der Waals surface area contributed by atoms with E-state index in [9.17, 15) is 4.79 Å². The van der Waals surface area contributed by atoms with Crippen molar-refractivity contribution in [2.45, 2.75) is 5.38 Å². The Labute approximate surface area is 120 Å². The van der Waals surface area contributed by atoms with E-state index in [1.807, 2.05) is 30.3 Å². The predicted molar refractivity (Wildman–Crippen MR) is 78.5 cm³/mol. The minimum Gasteiger partial charge on any atom is -0.289 e. The number of allylic oxidation sites excluding steroid dienone is 5. The van der Waals surface area contributed by atoms with Crippen molar-refractivity contribution in [3.8, 4) is 0 Å². The van der Waals surface area contributed by atoms with Crippen LogP contribution in [0.25, 0.3) is 5.70 Å². The highest BCUT2D eigenvalue weighted by atomic mass is 35.5. The second-order valence-corrected chi connectivity index (χ2v) is 5.12. The van der Waals surface area contributed by atoms with Gasteiger partial charge in [0.05, 0.1) is 11.4 Å². The molecule has 1 aliphatic heterocycles. The van der Waals surface area contributed by atoms with Crippen LogP contribution in [-0.2, 0) is 4.79 Å². The largest absolute Gasteiger partial charge is 0.289 e. The number of hydrogen-bond acceptors (Lipinski definition) is 2. The number of fused-ring (bicyclic) bond motifs is 1. The van der Waals surface area contributed by atoms with Crippen LogP contribution in [0.2, 0.25) is 0 Å². The Balaban J connectivity index is 2.09. The van der Waals surface area contributed by atoms with Crippen LogP contribution in [-0.4, -0.2) is 16.9 Å². The van der Waals surface area contributed by atoms with E-state index >= 15 is 0 Å². The molecule has 1 aromatic rings. The molecule has 0 fully saturated rings. The van der Waals surface area contributed by atoms with Gasteiger partial charge < -0.3 is 0 Å². The third-order valence-electron chi connectivity index (χ3n) is 3.01. The second kappa shape index (κ2) is 4.80. The van der Waals surface area contributed by atoms with Gasteiger partial charge in [0.25, 0.3) is 0 Å². The first-order chi connectivity index (χ1) is 9.16. The first-order valence-corrected chi connectivity index (χ1v) is 6.60. The van der Waals surface area contributed by atoms with Gasteiger partial charge in [0.2, 0.25) is 0 Å². The number of halogens is 2. The summed E-state index contributed by atoms with van der Waals surface area (Å²) < 4.78 is 0. The van der Waals surface area contributed by atoms with Crippen molar-refractivity contribution in [3.05, 3.63) is 64.7 Å². The molecule has 1 aliphatic carbocycles. The maximum atomic E-state index is 12.1. The third kappa shape index (κ3) is 2.18. The number of alkyl halides is 1. The topological polar surface area (TPSA) is 29.4 Å². The number of nitrogens with zero attached hydrogens (tertiary/aromatic N) is 1. The molecule has 0 bridgehead atoms. The summed E-state index contributed by atoms with van der Waals surface area (Å²) in [5.74, 6) is -0.0880. The van der Waals surface area contributed by atoms with Gasteiger partial charge in [-0.3, -0.25) is 4.79 Å². The molecule has 94 valence electrons. The van der Waals surface area contributed by atoms with E-state index in [1.165, 1.54) is 6.08 Å². The fraction of sp³-hybridized carbons (Fsp3) is 0.0667. The Morgan fingerprint density at radius 1 is 1.11 bits per heavy atom. The molecule has 1 atom stereocenters. The lowest BCUT2D eigenvalue weighted by Crippen LogP contribution is -2.27. The Hall–Kier alpha value is -1.64. The van der Waals surface area contributed by atoms with Gasteiger partial charge in [-0.2, -0.15) is 0 Å². The molecule has 1 unspecified atom stereocenters. The average Bonchev–Trinajstić information content (AvgIpc) is 2.44. The maximum absolute atomic E-state index is 12.1. The summed E-state index contributed by atoms with van der Waals surface area (Å²) in [6.07, 6.45) is 4.84. The van der Waals surface area contributed by atoms with Gasteiger partial charge in [-0.25, -0.2) is 4.99 Å².